The van der Waals surface area contributed by atoms with Crippen LogP contribution in [0.2, 0.25) is 0 Å². The molecular weight excluding hydrogens is 329 g/mol. The molecule has 0 bridgehead atoms. The molecule has 1 aliphatic rings. The molecule has 2 aromatic rings. The van der Waals surface area contributed by atoms with Gasteiger partial charge in [0.25, 0.3) is 0 Å². The number of rotatable bonds is 3. The maximum Gasteiger partial charge on any atom is 0.124 e. The second kappa shape index (κ2) is 5.90. The highest BCUT2D eigenvalue weighted by molar-refractivity contribution is 9.10. The number of halogens is 2. The van der Waals surface area contributed by atoms with E-state index in [0.29, 0.717) is 6.54 Å². The minimum absolute atomic E-state index is 0.0432. The molecule has 2 aromatic carbocycles. The van der Waals surface area contributed by atoms with Crippen molar-refractivity contribution in [1.82, 2.24) is 0 Å². The van der Waals surface area contributed by atoms with Gasteiger partial charge in [0.05, 0.1) is 0 Å². The lowest BCUT2D eigenvalue weighted by Gasteiger charge is -2.37. The van der Waals surface area contributed by atoms with E-state index in [1.165, 1.54) is 17.2 Å². The first-order chi connectivity index (χ1) is 10.1. The van der Waals surface area contributed by atoms with E-state index >= 15 is 0 Å². The first-order valence-electron chi connectivity index (χ1n) is 7.32. The average Bonchev–Trinajstić information content (AvgIpc) is 2.46. The largest absolute Gasteiger partial charge is 0.330 e. The summed E-state index contributed by atoms with van der Waals surface area (Å²) in [4.78, 5) is 0. The number of aryl methyl sites for hydroxylation is 1. The molecule has 1 aliphatic carbocycles. The molecule has 2 N–H and O–H groups in total. The quantitative estimate of drug-likeness (QED) is 0.881. The van der Waals surface area contributed by atoms with Gasteiger partial charge in [0.1, 0.15) is 5.82 Å². The van der Waals surface area contributed by atoms with Gasteiger partial charge >= 0.3 is 0 Å². The Morgan fingerprint density at radius 1 is 1.14 bits per heavy atom. The van der Waals surface area contributed by atoms with Crippen LogP contribution in [0.15, 0.2) is 46.9 Å². The third kappa shape index (κ3) is 3.19. The van der Waals surface area contributed by atoms with Crippen LogP contribution in [0.5, 0.6) is 0 Å². The van der Waals surface area contributed by atoms with Gasteiger partial charge in [-0.3, -0.25) is 0 Å². The molecule has 0 aliphatic heterocycles. The number of benzene rings is 2. The fourth-order valence-electron chi connectivity index (χ4n) is 3.41. The van der Waals surface area contributed by atoms with E-state index in [2.05, 4.69) is 40.2 Å². The van der Waals surface area contributed by atoms with Crippen molar-refractivity contribution in [2.24, 2.45) is 11.1 Å². The summed E-state index contributed by atoms with van der Waals surface area (Å²) < 4.78 is 14.4. The fraction of sp³-hybridized carbons (Fsp3) is 0.333. The zero-order chi connectivity index (χ0) is 14.9. The Labute approximate surface area is 133 Å². The van der Waals surface area contributed by atoms with Crippen LogP contribution in [0.25, 0.3) is 0 Å². The summed E-state index contributed by atoms with van der Waals surface area (Å²) in [5, 5.41) is 0. The summed E-state index contributed by atoms with van der Waals surface area (Å²) in [6.07, 6.45) is 3.93. The van der Waals surface area contributed by atoms with Gasteiger partial charge in [-0.15, -0.1) is 0 Å². The van der Waals surface area contributed by atoms with Crippen molar-refractivity contribution in [3.8, 4) is 0 Å². The third-order valence-corrected chi connectivity index (χ3v) is 5.00. The smallest absolute Gasteiger partial charge is 0.124 e. The normalized spacial score (nSPS) is 21.1. The lowest BCUT2D eigenvalue weighted by atomic mass is 9.68. The Morgan fingerprint density at radius 2 is 1.90 bits per heavy atom. The van der Waals surface area contributed by atoms with Crippen molar-refractivity contribution in [3.63, 3.8) is 0 Å². The Kier molecular flexibility index (Phi) is 4.14. The van der Waals surface area contributed by atoms with Gasteiger partial charge in [0.15, 0.2) is 0 Å². The van der Waals surface area contributed by atoms with Crippen molar-refractivity contribution < 1.29 is 4.39 Å². The van der Waals surface area contributed by atoms with Crippen LogP contribution in [0.3, 0.4) is 0 Å². The van der Waals surface area contributed by atoms with E-state index in [-0.39, 0.29) is 11.2 Å². The third-order valence-electron chi connectivity index (χ3n) is 4.54. The molecule has 1 unspecified atom stereocenters. The molecule has 1 nitrogen and oxygen atoms in total. The van der Waals surface area contributed by atoms with Gasteiger partial charge in [-0.2, -0.15) is 0 Å². The monoisotopic (exact) mass is 347 g/mol. The topological polar surface area (TPSA) is 26.0 Å². The molecule has 110 valence electrons. The molecule has 0 spiro atoms. The van der Waals surface area contributed by atoms with E-state index in [1.807, 2.05) is 6.07 Å². The van der Waals surface area contributed by atoms with Crippen molar-refractivity contribution in [2.45, 2.75) is 25.7 Å². The van der Waals surface area contributed by atoms with Gasteiger partial charge in [0.2, 0.25) is 0 Å². The first-order valence-corrected chi connectivity index (χ1v) is 8.11. The lowest BCUT2D eigenvalue weighted by Crippen LogP contribution is -2.38. The Balaban J connectivity index is 1.88. The summed E-state index contributed by atoms with van der Waals surface area (Å²) in [6, 6.07) is 13.7. The molecule has 0 saturated heterocycles. The second-order valence-electron chi connectivity index (χ2n) is 6.10. The number of hydrogen-bond donors (Lipinski definition) is 1. The number of hydrogen-bond acceptors (Lipinski definition) is 1. The van der Waals surface area contributed by atoms with E-state index < -0.39 is 0 Å². The standard InChI is InChI=1S/C18H19BrFN/c19-16-7-13(8-17(20)9-16)10-18(12-21)6-5-14-3-1-2-4-15(14)11-18/h1-4,7-9H,5-6,10-12,21H2. The van der Waals surface area contributed by atoms with Crippen LogP contribution < -0.4 is 5.73 Å². The lowest BCUT2D eigenvalue weighted by molar-refractivity contribution is 0.253. The Morgan fingerprint density at radius 3 is 2.62 bits per heavy atom. The minimum Gasteiger partial charge on any atom is -0.330 e. The highest BCUT2D eigenvalue weighted by Gasteiger charge is 2.33. The molecule has 0 saturated carbocycles. The average molecular weight is 348 g/mol. The maximum absolute atomic E-state index is 13.6. The molecule has 1 atom stereocenters. The van der Waals surface area contributed by atoms with E-state index in [4.69, 9.17) is 5.73 Å². The molecule has 0 fully saturated rings. The summed E-state index contributed by atoms with van der Waals surface area (Å²) >= 11 is 3.37. The minimum atomic E-state index is -0.192. The Hall–Kier alpha value is -1.19. The second-order valence-corrected chi connectivity index (χ2v) is 7.02. The fourth-order valence-corrected chi connectivity index (χ4v) is 3.92. The molecule has 0 aromatic heterocycles. The maximum atomic E-state index is 13.6. The van der Waals surface area contributed by atoms with Crippen molar-refractivity contribution >= 4 is 15.9 Å². The van der Waals surface area contributed by atoms with Gasteiger partial charge in [-0.1, -0.05) is 40.2 Å². The molecule has 0 radical (unpaired) electrons. The van der Waals surface area contributed by atoms with Crippen LogP contribution >= 0.6 is 15.9 Å². The van der Waals surface area contributed by atoms with Crippen molar-refractivity contribution in [1.29, 1.82) is 0 Å². The predicted octanol–water partition coefficient (Wildman–Crippen LogP) is 4.26. The molecule has 21 heavy (non-hydrogen) atoms. The molecule has 3 rings (SSSR count). The molecule has 0 heterocycles. The van der Waals surface area contributed by atoms with Gasteiger partial charge in [0, 0.05) is 4.47 Å². The van der Waals surface area contributed by atoms with Crippen LogP contribution in [-0.2, 0) is 19.3 Å². The molecular formula is C18H19BrFN. The van der Waals surface area contributed by atoms with Gasteiger partial charge < -0.3 is 5.73 Å². The molecule has 3 heteroatoms. The van der Waals surface area contributed by atoms with Crippen LogP contribution in [0.4, 0.5) is 4.39 Å². The Bertz CT molecular complexity index is 635. The van der Waals surface area contributed by atoms with Crippen LogP contribution in [0.1, 0.15) is 23.1 Å². The van der Waals surface area contributed by atoms with Crippen molar-refractivity contribution in [2.75, 3.05) is 6.54 Å². The summed E-state index contributed by atoms with van der Waals surface area (Å²) in [7, 11) is 0. The van der Waals surface area contributed by atoms with E-state index in [1.54, 1.807) is 6.07 Å². The summed E-state index contributed by atoms with van der Waals surface area (Å²) in [6.45, 7) is 0.634. The highest BCUT2D eigenvalue weighted by atomic mass is 79.9. The van der Waals surface area contributed by atoms with Crippen LogP contribution in [0, 0.1) is 11.2 Å². The van der Waals surface area contributed by atoms with Gasteiger partial charge in [-0.25, -0.2) is 4.39 Å². The summed E-state index contributed by atoms with van der Waals surface area (Å²) in [5.41, 5.74) is 10.0. The van der Waals surface area contributed by atoms with Crippen molar-refractivity contribution in [3.05, 3.63) is 69.4 Å². The predicted molar refractivity (Wildman–Crippen MR) is 87.8 cm³/mol. The number of nitrogens with two attached hydrogens (primary N) is 1. The summed E-state index contributed by atoms with van der Waals surface area (Å²) in [5.74, 6) is -0.192. The SMILES string of the molecule is NCC1(Cc2cc(F)cc(Br)c2)CCc2ccccc2C1. The zero-order valence-corrected chi connectivity index (χ0v) is 13.5. The number of fused-ring (bicyclic) bond motifs is 1. The zero-order valence-electron chi connectivity index (χ0n) is 11.9. The first kappa shape index (κ1) is 14.7. The van der Waals surface area contributed by atoms with E-state index in [0.717, 1.165) is 35.7 Å². The van der Waals surface area contributed by atoms with Crippen LogP contribution in [-0.4, -0.2) is 6.54 Å². The van der Waals surface area contributed by atoms with Gasteiger partial charge in [-0.05, 0) is 72.5 Å². The molecule has 0 amide bonds. The highest BCUT2D eigenvalue weighted by Crippen LogP contribution is 2.38. The van der Waals surface area contributed by atoms with E-state index in [9.17, 15) is 4.39 Å².